The third kappa shape index (κ3) is 6.47. The van der Waals surface area contributed by atoms with E-state index in [9.17, 15) is 13.5 Å². The van der Waals surface area contributed by atoms with E-state index in [1.165, 1.54) is 10.6 Å². The molecular weight excluding hydrogens is 284 g/mol. The van der Waals surface area contributed by atoms with Crippen molar-refractivity contribution >= 4 is 10.0 Å². The fraction of sp³-hybridized carbons (Fsp3) is 1.00. The Hall–Kier alpha value is -0.250. The lowest BCUT2D eigenvalue weighted by atomic mass is 10.3. The van der Waals surface area contributed by atoms with Crippen molar-refractivity contribution in [1.29, 1.82) is 0 Å². The van der Waals surface area contributed by atoms with Crippen molar-refractivity contribution in [2.75, 3.05) is 59.3 Å². The lowest BCUT2D eigenvalue weighted by molar-refractivity contribution is -0.0413. The number of piperazine rings is 1. The molecule has 8 heteroatoms. The minimum Gasteiger partial charge on any atom is -0.389 e. The molecule has 20 heavy (non-hydrogen) atoms. The highest BCUT2D eigenvalue weighted by Gasteiger charge is 2.24. The minimum atomic E-state index is -3.10. The first-order chi connectivity index (χ1) is 9.32. The molecule has 1 saturated heterocycles. The molecule has 1 aliphatic heterocycles. The van der Waals surface area contributed by atoms with Crippen molar-refractivity contribution in [2.24, 2.45) is 0 Å². The third-order valence-electron chi connectivity index (χ3n) is 3.24. The quantitative estimate of drug-likeness (QED) is 0.618. The van der Waals surface area contributed by atoms with E-state index in [2.05, 4.69) is 4.90 Å². The minimum absolute atomic E-state index is 0.0447. The lowest BCUT2D eigenvalue weighted by Gasteiger charge is -2.34. The number of nitrogens with zero attached hydrogens (tertiary/aromatic N) is 2. The van der Waals surface area contributed by atoms with Gasteiger partial charge in [-0.1, -0.05) is 0 Å². The fourth-order valence-electron chi connectivity index (χ4n) is 2.15. The summed E-state index contributed by atoms with van der Waals surface area (Å²) in [5.41, 5.74) is 0. The van der Waals surface area contributed by atoms with E-state index in [0.717, 1.165) is 0 Å². The maximum Gasteiger partial charge on any atom is 0.211 e. The van der Waals surface area contributed by atoms with Crippen LogP contribution in [0.25, 0.3) is 0 Å². The molecule has 1 heterocycles. The van der Waals surface area contributed by atoms with Crippen LogP contribution in [0.3, 0.4) is 0 Å². The Balaban J connectivity index is 2.23. The van der Waals surface area contributed by atoms with Crippen LogP contribution in [0.15, 0.2) is 0 Å². The number of aliphatic hydroxyl groups is 1. The maximum atomic E-state index is 11.4. The average Bonchev–Trinajstić information content (AvgIpc) is 2.36. The number of β-amino-alcohol motifs (C(OH)–C–C–N with tert-alkyl or cyclic N) is 1. The summed E-state index contributed by atoms with van der Waals surface area (Å²) in [6.07, 6.45) is 0.610. The predicted molar refractivity (Wildman–Crippen MR) is 76.2 cm³/mol. The number of methoxy groups -OCH3 is 1. The van der Waals surface area contributed by atoms with Gasteiger partial charge in [0.2, 0.25) is 10.0 Å². The van der Waals surface area contributed by atoms with Gasteiger partial charge in [-0.2, -0.15) is 4.31 Å². The predicted octanol–water partition coefficient (Wildman–Crippen LogP) is -1.02. The van der Waals surface area contributed by atoms with Crippen molar-refractivity contribution in [1.82, 2.24) is 9.21 Å². The van der Waals surface area contributed by atoms with Crippen molar-refractivity contribution in [3.05, 3.63) is 0 Å². The number of rotatable bonds is 8. The van der Waals surface area contributed by atoms with Crippen LogP contribution >= 0.6 is 0 Å². The molecule has 0 aliphatic carbocycles. The monoisotopic (exact) mass is 310 g/mol. The Morgan fingerprint density at radius 3 is 2.30 bits per heavy atom. The van der Waals surface area contributed by atoms with Gasteiger partial charge in [0.25, 0.3) is 0 Å². The van der Waals surface area contributed by atoms with E-state index < -0.39 is 16.1 Å². The van der Waals surface area contributed by atoms with Gasteiger partial charge in [-0.25, -0.2) is 8.42 Å². The Labute approximate surface area is 121 Å². The molecule has 0 saturated carbocycles. The molecule has 0 amide bonds. The van der Waals surface area contributed by atoms with Crippen LogP contribution in [-0.4, -0.2) is 94.2 Å². The first-order valence-electron chi connectivity index (χ1n) is 6.79. The first kappa shape index (κ1) is 17.8. The Kier molecular flexibility index (Phi) is 7.35. The van der Waals surface area contributed by atoms with E-state index in [-0.39, 0.29) is 12.7 Å². The Morgan fingerprint density at radius 2 is 1.80 bits per heavy atom. The Bertz CT molecular complexity index is 368. The van der Waals surface area contributed by atoms with E-state index in [0.29, 0.717) is 39.3 Å². The smallest absolute Gasteiger partial charge is 0.211 e. The van der Waals surface area contributed by atoms with Gasteiger partial charge in [0.05, 0.1) is 31.7 Å². The molecule has 1 rings (SSSR count). The van der Waals surface area contributed by atoms with Gasteiger partial charge in [0.15, 0.2) is 0 Å². The molecule has 120 valence electrons. The van der Waals surface area contributed by atoms with Crippen molar-refractivity contribution in [3.8, 4) is 0 Å². The summed E-state index contributed by atoms with van der Waals surface area (Å²) in [6, 6.07) is 0. The highest BCUT2D eigenvalue weighted by molar-refractivity contribution is 7.88. The first-order valence-corrected chi connectivity index (χ1v) is 8.64. The van der Waals surface area contributed by atoms with E-state index >= 15 is 0 Å². The highest BCUT2D eigenvalue weighted by Crippen LogP contribution is 2.07. The molecule has 1 fully saturated rings. The zero-order valence-electron chi connectivity index (χ0n) is 12.5. The largest absolute Gasteiger partial charge is 0.389 e. The zero-order chi connectivity index (χ0) is 15.2. The number of ether oxygens (including phenoxy) is 2. The zero-order valence-corrected chi connectivity index (χ0v) is 13.3. The number of hydrogen-bond acceptors (Lipinski definition) is 6. The molecule has 7 nitrogen and oxygen atoms in total. The molecule has 0 spiro atoms. The third-order valence-corrected chi connectivity index (χ3v) is 4.55. The number of aliphatic hydroxyl groups excluding tert-OH is 1. The van der Waals surface area contributed by atoms with Gasteiger partial charge in [0.1, 0.15) is 0 Å². The van der Waals surface area contributed by atoms with Crippen molar-refractivity contribution in [2.45, 2.75) is 19.1 Å². The summed E-state index contributed by atoms with van der Waals surface area (Å²) in [5, 5.41) is 9.90. The molecule has 1 N–H and O–H groups in total. The van der Waals surface area contributed by atoms with Crippen molar-refractivity contribution < 1.29 is 23.0 Å². The summed E-state index contributed by atoms with van der Waals surface area (Å²) in [7, 11) is -1.49. The van der Waals surface area contributed by atoms with E-state index in [4.69, 9.17) is 9.47 Å². The molecule has 0 radical (unpaired) electrons. The summed E-state index contributed by atoms with van der Waals surface area (Å²) in [5.74, 6) is 0. The second-order valence-electron chi connectivity index (χ2n) is 5.22. The standard InChI is InChI=1S/C12H26N2O5S/c1-11(9-18-2)19-10-12(15)8-13-4-6-14(7-5-13)20(3,16)17/h11-12,15H,4-10H2,1-3H3. The van der Waals surface area contributed by atoms with Gasteiger partial charge >= 0.3 is 0 Å². The molecule has 0 aromatic heterocycles. The van der Waals surface area contributed by atoms with Gasteiger partial charge in [-0.3, -0.25) is 4.90 Å². The van der Waals surface area contributed by atoms with Crippen LogP contribution in [0, 0.1) is 0 Å². The molecule has 1 aliphatic rings. The van der Waals surface area contributed by atoms with Gasteiger partial charge in [-0.05, 0) is 6.92 Å². The van der Waals surface area contributed by atoms with E-state index in [1.54, 1.807) is 7.11 Å². The van der Waals surface area contributed by atoms with Crippen LogP contribution in [0.1, 0.15) is 6.92 Å². The molecule has 0 aromatic rings. The van der Waals surface area contributed by atoms with E-state index in [1.807, 2.05) is 6.92 Å². The van der Waals surface area contributed by atoms with Crippen LogP contribution in [0.2, 0.25) is 0 Å². The molecule has 2 unspecified atom stereocenters. The second-order valence-corrected chi connectivity index (χ2v) is 7.20. The SMILES string of the molecule is COCC(C)OCC(O)CN1CCN(S(C)(=O)=O)CC1. The van der Waals surface area contributed by atoms with Gasteiger partial charge < -0.3 is 14.6 Å². The lowest BCUT2D eigenvalue weighted by Crippen LogP contribution is -2.50. The molecule has 0 bridgehead atoms. The fourth-order valence-corrected chi connectivity index (χ4v) is 2.98. The molecule has 0 aromatic carbocycles. The normalized spacial score (nSPS) is 21.8. The topological polar surface area (TPSA) is 79.3 Å². The Morgan fingerprint density at radius 1 is 1.20 bits per heavy atom. The van der Waals surface area contributed by atoms with Gasteiger partial charge in [0, 0.05) is 39.8 Å². The molecular formula is C12H26N2O5S. The summed E-state index contributed by atoms with van der Waals surface area (Å²) < 4.78 is 34.6. The van der Waals surface area contributed by atoms with Gasteiger partial charge in [-0.15, -0.1) is 0 Å². The second kappa shape index (κ2) is 8.26. The number of sulfonamides is 1. The average molecular weight is 310 g/mol. The summed E-state index contributed by atoms with van der Waals surface area (Å²) in [6.45, 7) is 5.38. The molecule has 2 atom stereocenters. The van der Waals surface area contributed by atoms with Crippen molar-refractivity contribution in [3.63, 3.8) is 0 Å². The van der Waals surface area contributed by atoms with Crippen LogP contribution < -0.4 is 0 Å². The van der Waals surface area contributed by atoms with Crippen LogP contribution in [-0.2, 0) is 19.5 Å². The van der Waals surface area contributed by atoms with Crippen LogP contribution in [0.4, 0.5) is 0 Å². The summed E-state index contributed by atoms with van der Waals surface area (Å²) >= 11 is 0. The summed E-state index contributed by atoms with van der Waals surface area (Å²) in [4.78, 5) is 2.05. The van der Waals surface area contributed by atoms with Crippen LogP contribution in [0.5, 0.6) is 0 Å². The maximum absolute atomic E-state index is 11.4. The number of hydrogen-bond donors (Lipinski definition) is 1. The highest BCUT2D eigenvalue weighted by atomic mass is 32.2.